The third kappa shape index (κ3) is 1.89. The van der Waals surface area contributed by atoms with Gasteiger partial charge in [0.25, 0.3) is 0 Å². The van der Waals surface area contributed by atoms with Crippen LogP contribution >= 0.6 is 11.8 Å². The fraction of sp³-hybridized carbons (Fsp3) is 0.455. The van der Waals surface area contributed by atoms with E-state index in [1.165, 1.54) is 29.1 Å². The van der Waals surface area contributed by atoms with Gasteiger partial charge in [-0.1, -0.05) is 12.1 Å². The number of rotatable bonds is 1. The van der Waals surface area contributed by atoms with Gasteiger partial charge in [-0.15, -0.1) is 11.8 Å². The number of hydrogen-bond donors (Lipinski definition) is 1. The molecular weight excluding hydrogens is 180 g/mol. The highest BCUT2D eigenvalue weighted by Gasteiger charge is 2.11. The van der Waals surface area contributed by atoms with Gasteiger partial charge in [-0.3, -0.25) is 0 Å². The van der Waals surface area contributed by atoms with Gasteiger partial charge < -0.3 is 5.11 Å². The summed E-state index contributed by atoms with van der Waals surface area (Å²) in [7, 11) is 0. The molecule has 0 aliphatic carbocycles. The van der Waals surface area contributed by atoms with Crippen LogP contribution < -0.4 is 0 Å². The van der Waals surface area contributed by atoms with Gasteiger partial charge in [0.1, 0.15) is 0 Å². The van der Waals surface area contributed by atoms with Crippen LogP contribution in [-0.4, -0.2) is 10.9 Å². The van der Waals surface area contributed by atoms with Crippen LogP contribution in [0.15, 0.2) is 23.1 Å². The molecule has 0 saturated heterocycles. The van der Waals surface area contributed by atoms with Crippen molar-refractivity contribution in [1.82, 2.24) is 0 Å². The average Bonchev–Trinajstić information content (AvgIpc) is 2.17. The van der Waals surface area contributed by atoms with Gasteiger partial charge in [0, 0.05) is 4.90 Å². The van der Waals surface area contributed by atoms with Crippen LogP contribution in [0.4, 0.5) is 0 Å². The number of fused-ring (bicyclic) bond motifs is 1. The first-order valence-corrected chi connectivity index (χ1v) is 5.69. The minimum atomic E-state index is -0.336. The molecule has 2 rings (SSSR count). The van der Waals surface area contributed by atoms with Crippen molar-refractivity contribution in [3.05, 3.63) is 29.3 Å². The van der Waals surface area contributed by atoms with Crippen molar-refractivity contribution >= 4 is 11.8 Å². The number of aliphatic hydroxyl groups is 1. The summed E-state index contributed by atoms with van der Waals surface area (Å²) in [5.41, 5.74) is 2.45. The summed E-state index contributed by atoms with van der Waals surface area (Å²) in [6, 6.07) is 6.31. The van der Waals surface area contributed by atoms with Crippen molar-refractivity contribution < 1.29 is 5.11 Å². The highest BCUT2D eigenvalue weighted by Crippen LogP contribution is 2.31. The molecule has 13 heavy (non-hydrogen) atoms. The maximum absolute atomic E-state index is 9.42. The monoisotopic (exact) mass is 194 g/mol. The van der Waals surface area contributed by atoms with Crippen LogP contribution in [0.2, 0.25) is 0 Å². The highest BCUT2D eigenvalue weighted by molar-refractivity contribution is 7.99. The molecule has 0 aromatic heterocycles. The Morgan fingerprint density at radius 2 is 2.31 bits per heavy atom. The molecular formula is C11H14OS. The van der Waals surface area contributed by atoms with Crippen molar-refractivity contribution in [2.24, 2.45) is 0 Å². The van der Waals surface area contributed by atoms with E-state index in [4.69, 9.17) is 0 Å². The molecule has 1 atom stereocenters. The van der Waals surface area contributed by atoms with Crippen molar-refractivity contribution in [3.8, 4) is 0 Å². The van der Waals surface area contributed by atoms with E-state index >= 15 is 0 Å². The third-order valence-electron chi connectivity index (χ3n) is 2.41. The molecule has 1 N–H and O–H groups in total. The highest BCUT2D eigenvalue weighted by atomic mass is 32.2. The molecule has 0 bridgehead atoms. The smallest absolute Gasteiger partial charge is 0.0762 e. The van der Waals surface area contributed by atoms with E-state index in [2.05, 4.69) is 12.1 Å². The summed E-state index contributed by atoms with van der Waals surface area (Å²) in [5.74, 6) is 1.24. The molecule has 0 amide bonds. The summed E-state index contributed by atoms with van der Waals surface area (Å²) in [5, 5.41) is 9.42. The van der Waals surface area contributed by atoms with Crippen LogP contribution in [-0.2, 0) is 6.42 Å². The van der Waals surface area contributed by atoms with Crippen LogP contribution in [0.25, 0.3) is 0 Å². The second-order valence-electron chi connectivity index (χ2n) is 3.50. The maximum Gasteiger partial charge on any atom is 0.0762 e. The standard InChI is InChI=1S/C11H14OS/c1-8(12)9-4-5-11-10(7-9)3-2-6-13-11/h4-5,7-8,12H,2-3,6H2,1H3. The van der Waals surface area contributed by atoms with Crippen molar-refractivity contribution in [1.29, 1.82) is 0 Å². The van der Waals surface area contributed by atoms with Crippen molar-refractivity contribution in [2.45, 2.75) is 30.8 Å². The van der Waals surface area contributed by atoms with Crippen LogP contribution in [0.5, 0.6) is 0 Å². The summed E-state index contributed by atoms with van der Waals surface area (Å²) in [4.78, 5) is 1.40. The lowest BCUT2D eigenvalue weighted by atomic mass is 10.0. The summed E-state index contributed by atoms with van der Waals surface area (Å²) in [6.07, 6.45) is 2.10. The summed E-state index contributed by atoms with van der Waals surface area (Å²) < 4.78 is 0. The van der Waals surface area contributed by atoms with E-state index < -0.39 is 0 Å². The zero-order valence-electron chi connectivity index (χ0n) is 7.79. The Hall–Kier alpha value is -0.470. The zero-order chi connectivity index (χ0) is 9.26. The molecule has 1 heterocycles. The van der Waals surface area contributed by atoms with Gasteiger partial charge in [-0.05, 0) is 42.7 Å². The quantitative estimate of drug-likeness (QED) is 0.742. The van der Waals surface area contributed by atoms with Gasteiger partial charge >= 0.3 is 0 Å². The van der Waals surface area contributed by atoms with Gasteiger partial charge in [-0.2, -0.15) is 0 Å². The molecule has 0 fully saturated rings. The van der Waals surface area contributed by atoms with E-state index in [1.807, 2.05) is 24.8 Å². The molecule has 0 saturated carbocycles. The largest absolute Gasteiger partial charge is 0.389 e. The topological polar surface area (TPSA) is 20.2 Å². The molecule has 1 aliphatic rings. The molecule has 1 aliphatic heterocycles. The SMILES string of the molecule is CC(O)c1ccc2c(c1)CCCS2. The third-order valence-corrected chi connectivity index (χ3v) is 3.62. The minimum absolute atomic E-state index is 0.336. The van der Waals surface area contributed by atoms with E-state index in [0.717, 1.165) is 5.56 Å². The Labute approximate surface area is 83.2 Å². The van der Waals surface area contributed by atoms with Crippen molar-refractivity contribution in [3.63, 3.8) is 0 Å². The Kier molecular flexibility index (Phi) is 2.61. The van der Waals surface area contributed by atoms with Gasteiger partial charge in [0.15, 0.2) is 0 Å². The van der Waals surface area contributed by atoms with Crippen LogP contribution in [0, 0.1) is 0 Å². The Bertz CT molecular complexity index is 307. The molecule has 1 nitrogen and oxygen atoms in total. The molecule has 1 aromatic carbocycles. The first kappa shape index (κ1) is 9.10. The fourth-order valence-corrected chi connectivity index (χ4v) is 2.66. The fourth-order valence-electron chi connectivity index (χ4n) is 1.64. The first-order chi connectivity index (χ1) is 6.27. The van der Waals surface area contributed by atoms with Crippen molar-refractivity contribution in [2.75, 3.05) is 5.75 Å². The molecule has 0 spiro atoms. The van der Waals surface area contributed by atoms with E-state index in [1.54, 1.807) is 0 Å². The van der Waals surface area contributed by atoms with Gasteiger partial charge in [-0.25, -0.2) is 0 Å². The van der Waals surface area contributed by atoms with Crippen LogP contribution in [0.1, 0.15) is 30.6 Å². The van der Waals surface area contributed by atoms with E-state index in [0.29, 0.717) is 0 Å². The van der Waals surface area contributed by atoms with Gasteiger partial charge in [0.05, 0.1) is 6.10 Å². The summed E-state index contributed by atoms with van der Waals surface area (Å²) in [6.45, 7) is 1.82. The number of aryl methyl sites for hydroxylation is 1. The summed E-state index contributed by atoms with van der Waals surface area (Å²) >= 11 is 1.93. The number of benzene rings is 1. The molecule has 1 aromatic rings. The normalized spacial score (nSPS) is 18.0. The number of aliphatic hydroxyl groups excluding tert-OH is 1. The molecule has 1 unspecified atom stereocenters. The Morgan fingerprint density at radius 1 is 1.46 bits per heavy atom. The molecule has 70 valence electrons. The molecule has 0 radical (unpaired) electrons. The lowest BCUT2D eigenvalue weighted by Gasteiger charge is -2.16. The van der Waals surface area contributed by atoms with E-state index in [-0.39, 0.29) is 6.10 Å². The minimum Gasteiger partial charge on any atom is -0.389 e. The predicted molar refractivity (Wildman–Crippen MR) is 56.1 cm³/mol. The lowest BCUT2D eigenvalue weighted by molar-refractivity contribution is 0.199. The Balaban J connectivity index is 2.35. The number of thioether (sulfide) groups is 1. The molecule has 2 heteroatoms. The zero-order valence-corrected chi connectivity index (χ0v) is 8.60. The van der Waals surface area contributed by atoms with Crippen LogP contribution in [0.3, 0.4) is 0 Å². The number of hydrogen-bond acceptors (Lipinski definition) is 2. The Morgan fingerprint density at radius 3 is 3.08 bits per heavy atom. The second kappa shape index (κ2) is 3.72. The second-order valence-corrected chi connectivity index (χ2v) is 4.63. The average molecular weight is 194 g/mol. The van der Waals surface area contributed by atoms with Gasteiger partial charge in [0.2, 0.25) is 0 Å². The first-order valence-electron chi connectivity index (χ1n) is 4.71. The predicted octanol–water partition coefficient (Wildman–Crippen LogP) is 2.78. The van der Waals surface area contributed by atoms with E-state index in [9.17, 15) is 5.11 Å². The maximum atomic E-state index is 9.42. The lowest BCUT2D eigenvalue weighted by Crippen LogP contribution is -2.00.